The molecule has 1 aromatic rings. The first-order chi connectivity index (χ1) is 17.5. The van der Waals surface area contributed by atoms with Gasteiger partial charge in [0.15, 0.2) is 5.96 Å². The molecule has 4 atom stereocenters. The summed E-state index contributed by atoms with van der Waals surface area (Å²) in [7, 11) is 0. The first kappa shape index (κ1) is 31.7. The molecule has 0 spiro atoms. The van der Waals surface area contributed by atoms with E-state index in [-0.39, 0.29) is 18.3 Å². The minimum atomic E-state index is -1.19. The summed E-state index contributed by atoms with van der Waals surface area (Å²) >= 11 is 1.49. The lowest BCUT2D eigenvalue weighted by Gasteiger charge is -2.26. The quantitative estimate of drug-likeness (QED) is 0.0629. The molecule has 208 valence electrons. The normalized spacial score (nSPS) is 14.2. The third-order valence-electron chi connectivity index (χ3n) is 5.39. The molecule has 3 amide bonds. The zero-order chi connectivity index (χ0) is 28.0. The number of carbonyl (C=O) groups excluding carboxylic acids is 3. The van der Waals surface area contributed by atoms with Gasteiger partial charge in [0.2, 0.25) is 17.7 Å². The summed E-state index contributed by atoms with van der Waals surface area (Å²) in [5.74, 6) is -2.85. The summed E-state index contributed by atoms with van der Waals surface area (Å²) < 4.78 is 0. The zero-order valence-electron chi connectivity index (χ0n) is 21.4. The summed E-state index contributed by atoms with van der Waals surface area (Å²) in [6.45, 7) is 3.64. The third-order valence-corrected chi connectivity index (χ3v) is 6.03. The van der Waals surface area contributed by atoms with Gasteiger partial charge in [0.05, 0.1) is 12.4 Å². The molecule has 0 fully saturated rings. The number of amides is 3. The van der Waals surface area contributed by atoms with Gasteiger partial charge in [-0.1, -0.05) is 13.8 Å². The van der Waals surface area contributed by atoms with E-state index in [1.54, 1.807) is 13.8 Å². The van der Waals surface area contributed by atoms with Crippen LogP contribution in [-0.2, 0) is 25.6 Å². The molecule has 15 heteroatoms. The Morgan fingerprint density at radius 3 is 2.27 bits per heavy atom. The maximum absolute atomic E-state index is 13.2. The van der Waals surface area contributed by atoms with Crippen molar-refractivity contribution in [1.82, 2.24) is 25.9 Å². The van der Waals surface area contributed by atoms with E-state index >= 15 is 0 Å². The molecular weight excluding hydrogens is 502 g/mol. The van der Waals surface area contributed by atoms with Crippen LogP contribution in [-0.4, -0.2) is 87.4 Å². The van der Waals surface area contributed by atoms with Crippen LogP contribution in [0.2, 0.25) is 0 Å². The fraction of sp³-hybridized carbons (Fsp3) is 0.636. The van der Waals surface area contributed by atoms with E-state index in [4.69, 9.17) is 17.2 Å². The number of carboxylic acid groups (broad SMARTS) is 1. The molecule has 4 unspecified atom stereocenters. The highest BCUT2D eigenvalue weighted by atomic mass is 32.2. The van der Waals surface area contributed by atoms with Gasteiger partial charge in [-0.05, 0) is 37.2 Å². The van der Waals surface area contributed by atoms with Gasteiger partial charge in [0.1, 0.15) is 18.1 Å². The number of nitrogens with two attached hydrogens (primary N) is 3. The SMILES string of the molecule is CSCCC(NC(=O)C(N)CCCN=C(N)N)C(=O)NC(Cc1cnc[nH]1)C(=O)NC(C(=O)O)C(C)C. The fourth-order valence-corrected chi connectivity index (χ4v) is 3.77. The standard InChI is InChI=1S/C22H39N9O5S/c1-12(2)17(21(35)36)31-20(34)16(9-13-10-26-11-28-13)30-19(33)15(6-8-37-3)29-18(32)14(23)5-4-7-27-22(24)25/h10-12,14-17H,4-9,23H2,1-3H3,(H,26,28)(H,29,32)(H,30,33)(H,31,34)(H,35,36)(H4,24,25,27). The second kappa shape index (κ2) is 16.4. The second-order valence-electron chi connectivity index (χ2n) is 8.81. The number of rotatable bonds is 17. The number of aromatic amines is 1. The maximum atomic E-state index is 13.2. The number of carboxylic acids is 1. The smallest absolute Gasteiger partial charge is 0.326 e. The average Bonchev–Trinajstić information content (AvgIpc) is 3.34. The van der Waals surface area contributed by atoms with Crippen molar-refractivity contribution in [3.8, 4) is 0 Å². The molecule has 11 N–H and O–H groups in total. The number of imidazole rings is 1. The molecule has 0 aliphatic rings. The van der Waals surface area contributed by atoms with Gasteiger partial charge in [-0.2, -0.15) is 11.8 Å². The van der Waals surface area contributed by atoms with Crippen molar-refractivity contribution in [2.24, 2.45) is 28.1 Å². The minimum Gasteiger partial charge on any atom is -0.480 e. The molecule has 0 saturated carbocycles. The molecule has 0 aliphatic carbocycles. The van der Waals surface area contributed by atoms with E-state index in [0.717, 1.165) is 0 Å². The summed E-state index contributed by atoms with van der Waals surface area (Å²) in [5.41, 5.74) is 17.1. The van der Waals surface area contributed by atoms with Crippen LogP contribution in [0.25, 0.3) is 0 Å². The van der Waals surface area contributed by atoms with Gasteiger partial charge in [-0.25, -0.2) is 9.78 Å². The highest BCUT2D eigenvalue weighted by Crippen LogP contribution is 2.07. The summed E-state index contributed by atoms with van der Waals surface area (Å²) in [4.78, 5) is 61.1. The number of aliphatic imine (C=N–C) groups is 1. The predicted octanol–water partition coefficient (Wildman–Crippen LogP) is -1.72. The lowest BCUT2D eigenvalue weighted by atomic mass is 10.0. The number of thioether (sulfide) groups is 1. The lowest BCUT2D eigenvalue weighted by molar-refractivity contribution is -0.143. The van der Waals surface area contributed by atoms with Crippen LogP contribution in [0.5, 0.6) is 0 Å². The second-order valence-corrected chi connectivity index (χ2v) is 9.79. The van der Waals surface area contributed by atoms with Gasteiger partial charge in [-0.15, -0.1) is 0 Å². The first-order valence-electron chi connectivity index (χ1n) is 11.9. The Bertz CT molecular complexity index is 906. The van der Waals surface area contributed by atoms with Crippen molar-refractivity contribution in [2.45, 2.75) is 63.7 Å². The highest BCUT2D eigenvalue weighted by molar-refractivity contribution is 7.98. The zero-order valence-corrected chi connectivity index (χ0v) is 22.2. The number of aliphatic carboxylic acids is 1. The largest absolute Gasteiger partial charge is 0.480 e. The van der Waals surface area contributed by atoms with E-state index in [9.17, 15) is 24.3 Å². The van der Waals surface area contributed by atoms with Crippen LogP contribution in [0.15, 0.2) is 17.5 Å². The molecule has 0 aromatic carbocycles. The Hall–Kier alpha value is -3.33. The minimum absolute atomic E-state index is 0.0372. The van der Waals surface area contributed by atoms with Crippen LogP contribution in [0, 0.1) is 5.92 Å². The van der Waals surface area contributed by atoms with E-state index < -0.39 is 47.9 Å². The van der Waals surface area contributed by atoms with Crippen molar-refractivity contribution in [3.63, 3.8) is 0 Å². The van der Waals surface area contributed by atoms with Gasteiger partial charge in [0, 0.05) is 24.9 Å². The molecule has 0 saturated heterocycles. The van der Waals surface area contributed by atoms with Crippen LogP contribution in [0.4, 0.5) is 0 Å². The van der Waals surface area contributed by atoms with Crippen molar-refractivity contribution in [1.29, 1.82) is 0 Å². The summed E-state index contributed by atoms with van der Waals surface area (Å²) in [6, 6.07) is -4.10. The van der Waals surface area contributed by atoms with Gasteiger partial charge in [0.25, 0.3) is 0 Å². The van der Waals surface area contributed by atoms with Gasteiger partial charge in [-0.3, -0.25) is 19.4 Å². The maximum Gasteiger partial charge on any atom is 0.326 e. The average molecular weight is 542 g/mol. The van der Waals surface area contributed by atoms with Crippen LogP contribution in [0.1, 0.15) is 38.8 Å². The summed E-state index contributed by atoms with van der Waals surface area (Å²) in [5, 5.41) is 17.3. The van der Waals surface area contributed by atoms with Gasteiger partial charge >= 0.3 is 5.97 Å². The number of hydrogen-bond acceptors (Lipinski definition) is 8. The molecule has 1 heterocycles. The molecule has 1 rings (SSSR count). The van der Waals surface area contributed by atoms with Crippen molar-refractivity contribution in [3.05, 3.63) is 18.2 Å². The Morgan fingerprint density at radius 2 is 1.73 bits per heavy atom. The number of hydrogen-bond donors (Lipinski definition) is 8. The van der Waals surface area contributed by atoms with E-state index in [0.29, 0.717) is 37.3 Å². The molecule has 37 heavy (non-hydrogen) atoms. The van der Waals surface area contributed by atoms with Crippen molar-refractivity contribution < 1.29 is 24.3 Å². The lowest BCUT2D eigenvalue weighted by Crippen LogP contribution is -2.58. The molecule has 0 bridgehead atoms. The molecule has 14 nitrogen and oxygen atoms in total. The monoisotopic (exact) mass is 541 g/mol. The van der Waals surface area contributed by atoms with Crippen LogP contribution < -0.4 is 33.2 Å². The number of nitrogens with one attached hydrogen (secondary N) is 4. The highest BCUT2D eigenvalue weighted by Gasteiger charge is 2.31. The van der Waals surface area contributed by atoms with Crippen molar-refractivity contribution >= 4 is 41.4 Å². The number of guanidine groups is 1. The Balaban J connectivity index is 2.96. The number of H-pyrrole nitrogens is 1. The van der Waals surface area contributed by atoms with Crippen molar-refractivity contribution in [2.75, 3.05) is 18.6 Å². The number of aromatic nitrogens is 2. The molecule has 1 aromatic heterocycles. The third kappa shape index (κ3) is 12.0. The molecule has 0 aliphatic heterocycles. The Kier molecular flexibility index (Phi) is 14.1. The topological polar surface area (TPSA) is 244 Å². The van der Waals surface area contributed by atoms with E-state index in [1.165, 1.54) is 24.3 Å². The fourth-order valence-electron chi connectivity index (χ4n) is 3.30. The molecule has 0 radical (unpaired) electrons. The Morgan fingerprint density at radius 1 is 1.08 bits per heavy atom. The van der Waals surface area contributed by atoms with Crippen LogP contribution >= 0.6 is 11.8 Å². The van der Waals surface area contributed by atoms with Gasteiger partial charge < -0.3 is 43.2 Å². The predicted molar refractivity (Wildman–Crippen MR) is 141 cm³/mol. The Labute approximate surface area is 220 Å². The summed E-state index contributed by atoms with van der Waals surface area (Å²) in [6.07, 6.45) is 5.89. The van der Waals surface area contributed by atoms with E-state index in [2.05, 4.69) is 30.9 Å². The van der Waals surface area contributed by atoms with Crippen LogP contribution in [0.3, 0.4) is 0 Å². The first-order valence-corrected chi connectivity index (χ1v) is 13.3. The van der Waals surface area contributed by atoms with E-state index in [1.807, 2.05) is 6.26 Å². The number of nitrogens with zero attached hydrogens (tertiary/aromatic N) is 2. The molecular formula is C22H39N9O5S. The number of carbonyl (C=O) groups is 4.